The van der Waals surface area contributed by atoms with Crippen LogP contribution >= 0.6 is 0 Å². The Kier molecular flexibility index (Phi) is 3.66. The second kappa shape index (κ2) is 5.22. The predicted octanol–water partition coefficient (Wildman–Crippen LogP) is -1.11. The largest absolute Gasteiger partial charge is 0.465 e. The molecule has 2 N–H and O–H groups in total. The molecule has 98 valence electrons. The average Bonchev–Trinajstić information content (AvgIpc) is 2.69. The summed E-state index contributed by atoms with van der Waals surface area (Å²) in [4.78, 5) is 23.8. The molecule has 2 rings (SSSR count). The van der Waals surface area contributed by atoms with Crippen LogP contribution in [0.2, 0.25) is 0 Å². The third-order valence-electron chi connectivity index (χ3n) is 3.01. The number of furan rings is 1. The summed E-state index contributed by atoms with van der Waals surface area (Å²) >= 11 is 0. The SMILES string of the molecule is COC(=O)c1cc(C[NH+]2CCNC(=O)C2)oc1C. The lowest BCUT2D eigenvalue weighted by atomic mass is 10.2. The van der Waals surface area contributed by atoms with E-state index in [1.165, 1.54) is 7.11 Å². The van der Waals surface area contributed by atoms with Crippen molar-refractivity contribution in [2.24, 2.45) is 0 Å². The van der Waals surface area contributed by atoms with E-state index in [1.807, 2.05) is 0 Å². The van der Waals surface area contributed by atoms with Gasteiger partial charge in [-0.2, -0.15) is 0 Å². The van der Waals surface area contributed by atoms with Gasteiger partial charge >= 0.3 is 5.97 Å². The number of esters is 1. The molecule has 1 fully saturated rings. The van der Waals surface area contributed by atoms with Crippen LogP contribution in [-0.4, -0.2) is 38.6 Å². The van der Waals surface area contributed by atoms with Crippen LogP contribution in [-0.2, 0) is 16.1 Å². The summed E-state index contributed by atoms with van der Waals surface area (Å²) in [7, 11) is 1.34. The Balaban J connectivity index is 2.05. The van der Waals surface area contributed by atoms with Crippen LogP contribution < -0.4 is 10.2 Å². The van der Waals surface area contributed by atoms with Gasteiger partial charge in [-0.25, -0.2) is 4.79 Å². The van der Waals surface area contributed by atoms with Crippen molar-refractivity contribution in [1.29, 1.82) is 0 Å². The lowest BCUT2D eigenvalue weighted by molar-refractivity contribution is -0.908. The van der Waals surface area contributed by atoms with Crippen molar-refractivity contribution in [3.8, 4) is 0 Å². The number of rotatable bonds is 3. The average molecular weight is 253 g/mol. The highest BCUT2D eigenvalue weighted by molar-refractivity contribution is 5.90. The zero-order valence-electron chi connectivity index (χ0n) is 10.5. The van der Waals surface area contributed by atoms with E-state index in [2.05, 4.69) is 10.1 Å². The fourth-order valence-electron chi connectivity index (χ4n) is 2.10. The molecule has 1 aliphatic heterocycles. The molecule has 1 unspecified atom stereocenters. The number of nitrogens with one attached hydrogen (secondary N) is 2. The zero-order valence-corrected chi connectivity index (χ0v) is 10.5. The Morgan fingerprint density at radius 1 is 1.61 bits per heavy atom. The van der Waals surface area contributed by atoms with Gasteiger partial charge in [0.25, 0.3) is 5.91 Å². The van der Waals surface area contributed by atoms with Crippen LogP contribution in [0.1, 0.15) is 21.9 Å². The first-order valence-corrected chi connectivity index (χ1v) is 5.88. The number of hydrogen-bond acceptors (Lipinski definition) is 4. The first kappa shape index (κ1) is 12.6. The number of piperazine rings is 1. The van der Waals surface area contributed by atoms with Crippen LogP contribution in [0.15, 0.2) is 10.5 Å². The van der Waals surface area contributed by atoms with Gasteiger partial charge in [-0.05, 0) is 6.92 Å². The molecule has 0 saturated carbocycles. The highest BCUT2D eigenvalue weighted by atomic mass is 16.5. The summed E-state index contributed by atoms with van der Waals surface area (Å²) in [6.07, 6.45) is 0. The molecule has 1 aromatic rings. The summed E-state index contributed by atoms with van der Waals surface area (Å²) in [5.41, 5.74) is 0.452. The summed E-state index contributed by atoms with van der Waals surface area (Å²) in [5, 5.41) is 2.78. The number of hydrogen-bond donors (Lipinski definition) is 2. The van der Waals surface area contributed by atoms with Crippen molar-refractivity contribution in [3.05, 3.63) is 23.2 Å². The fourth-order valence-corrected chi connectivity index (χ4v) is 2.10. The Morgan fingerprint density at radius 3 is 3.06 bits per heavy atom. The van der Waals surface area contributed by atoms with E-state index in [0.29, 0.717) is 36.7 Å². The molecule has 1 saturated heterocycles. The molecule has 18 heavy (non-hydrogen) atoms. The van der Waals surface area contributed by atoms with Crippen molar-refractivity contribution >= 4 is 11.9 Å². The Bertz CT molecular complexity index is 467. The molecule has 0 aromatic carbocycles. The van der Waals surface area contributed by atoms with Gasteiger partial charge in [0.15, 0.2) is 12.3 Å². The van der Waals surface area contributed by atoms with Crippen molar-refractivity contribution in [1.82, 2.24) is 5.32 Å². The summed E-state index contributed by atoms with van der Waals surface area (Å²) in [6.45, 7) is 4.31. The van der Waals surface area contributed by atoms with E-state index in [0.717, 1.165) is 11.4 Å². The maximum atomic E-state index is 11.4. The van der Waals surface area contributed by atoms with Gasteiger partial charge in [0.1, 0.15) is 17.9 Å². The maximum absolute atomic E-state index is 11.4. The van der Waals surface area contributed by atoms with E-state index in [4.69, 9.17) is 4.42 Å². The number of methoxy groups -OCH3 is 1. The molecule has 1 aromatic heterocycles. The van der Waals surface area contributed by atoms with E-state index < -0.39 is 5.97 Å². The van der Waals surface area contributed by atoms with Gasteiger partial charge in [-0.3, -0.25) is 4.79 Å². The van der Waals surface area contributed by atoms with E-state index in [9.17, 15) is 9.59 Å². The second-order valence-electron chi connectivity index (χ2n) is 4.38. The molecular formula is C12H17N2O4+. The number of amides is 1. The van der Waals surface area contributed by atoms with Gasteiger partial charge in [0.05, 0.1) is 20.2 Å². The van der Waals surface area contributed by atoms with Gasteiger partial charge in [-0.1, -0.05) is 0 Å². The van der Waals surface area contributed by atoms with Gasteiger partial charge < -0.3 is 19.4 Å². The molecule has 0 radical (unpaired) electrons. The molecular weight excluding hydrogens is 236 g/mol. The molecule has 2 heterocycles. The van der Waals surface area contributed by atoms with E-state index in [1.54, 1.807) is 13.0 Å². The predicted molar refractivity (Wildman–Crippen MR) is 62.2 cm³/mol. The van der Waals surface area contributed by atoms with Crippen LogP contribution in [0, 0.1) is 6.92 Å². The first-order chi connectivity index (χ1) is 8.60. The minimum atomic E-state index is -0.395. The van der Waals surface area contributed by atoms with Crippen molar-refractivity contribution in [2.75, 3.05) is 26.7 Å². The zero-order chi connectivity index (χ0) is 13.1. The Labute approximate surface area is 105 Å². The lowest BCUT2D eigenvalue weighted by Gasteiger charge is -2.22. The molecule has 6 heteroatoms. The minimum Gasteiger partial charge on any atom is -0.465 e. The standard InChI is InChI=1S/C12H16N2O4/c1-8-10(12(16)17-2)5-9(18-8)6-14-4-3-13-11(15)7-14/h5H,3-4,6-7H2,1-2H3,(H,13,15)/p+1. The van der Waals surface area contributed by atoms with Gasteiger partial charge in [-0.15, -0.1) is 0 Å². The van der Waals surface area contributed by atoms with Crippen LogP contribution in [0.3, 0.4) is 0 Å². The molecule has 0 bridgehead atoms. The smallest absolute Gasteiger partial charge is 0.341 e. The molecule has 1 aliphatic rings. The van der Waals surface area contributed by atoms with E-state index in [-0.39, 0.29) is 5.91 Å². The molecule has 1 amide bonds. The second-order valence-corrected chi connectivity index (χ2v) is 4.38. The lowest BCUT2D eigenvalue weighted by Crippen LogP contribution is -3.14. The highest BCUT2D eigenvalue weighted by Crippen LogP contribution is 2.14. The van der Waals surface area contributed by atoms with Crippen LogP contribution in [0.5, 0.6) is 0 Å². The van der Waals surface area contributed by atoms with Crippen molar-refractivity contribution < 1.29 is 23.6 Å². The van der Waals surface area contributed by atoms with Gasteiger partial charge in [0.2, 0.25) is 0 Å². The molecule has 6 nitrogen and oxygen atoms in total. The normalized spacial score (nSPS) is 19.4. The van der Waals surface area contributed by atoms with Crippen LogP contribution in [0.25, 0.3) is 0 Å². The van der Waals surface area contributed by atoms with Crippen molar-refractivity contribution in [2.45, 2.75) is 13.5 Å². The number of carbonyl (C=O) groups excluding carboxylic acids is 2. The molecule has 1 atom stereocenters. The van der Waals surface area contributed by atoms with Crippen LogP contribution in [0.4, 0.5) is 0 Å². The third kappa shape index (κ3) is 2.70. The van der Waals surface area contributed by atoms with E-state index >= 15 is 0 Å². The summed E-state index contributed by atoms with van der Waals surface area (Å²) in [5.74, 6) is 0.914. The maximum Gasteiger partial charge on any atom is 0.341 e. The Morgan fingerprint density at radius 2 is 2.39 bits per heavy atom. The Hall–Kier alpha value is -1.82. The van der Waals surface area contributed by atoms with Crippen molar-refractivity contribution in [3.63, 3.8) is 0 Å². The number of ether oxygens (including phenoxy) is 1. The monoisotopic (exact) mass is 253 g/mol. The molecule has 0 aliphatic carbocycles. The highest BCUT2D eigenvalue weighted by Gasteiger charge is 2.23. The third-order valence-corrected chi connectivity index (χ3v) is 3.01. The molecule has 0 spiro atoms. The quantitative estimate of drug-likeness (QED) is 0.670. The minimum absolute atomic E-state index is 0.0488. The summed E-state index contributed by atoms with van der Waals surface area (Å²) < 4.78 is 10.2. The number of aryl methyl sites for hydroxylation is 1. The topological polar surface area (TPSA) is 73.0 Å². The van der Waals surface area contributed by atoms with Gasteiger partial charge in [0, 0.05) is 6.07 Å². The first-order valence-electron chi connectivity index (χ1n) is 5.88. The summed E-state index contributed by atoms with van der Waals surface area (Å²) in [6, 6.07) is 1.70. The fraction of sp³-hybridized carbons (Fsp3) is 0.500. The number of quaternary nitrogens is 1. The number of carbonyl (C=O) groups is 2.